The highest BCUT2D eigenvalue weighted by Crippen LogP contribution is 2.40. The van der Waals surface area contributed by atoms with E-state index in [1.54, 1.807) is 0 Å². The van der Waals surface area contributed by atoms with Crippen molar-refractivity contribution < 1.29 is 0 Å². The van der Waals surface area contributed by atoms with E-state index in [2.05, 4.69) is 76.3 Å². The first-order valence-corrected chi connectivity index (χ1v) is 17.7. The van der Waals surface area contributed by atoms with Crippen LogP contribution in [0.5, 0.6) is 0 Å². The largest absolute Gasteiger partial charge is 0.249 e. The SMILES string of the molecule is CCCCCC1=CC2=CC3=NC(=CC4=NC(=CC5=NC(=C(CCCCC)C1=N2)C(CCCCC)=C5CCCCC)C=C4)C=C3. The van der Waals surface area contributed by atoms with Gasteiger partial charge in [-0.1, -0.05) is 79.1 Å². The van der Waals surface area contributed by atoms with Crippen molar-refractivity contribution in [2.75, 3.05) is 0 Å². The zero-order valence-electron chi connectivity index (χ0n) is 27.7. The van der Waals surface area contributed by atoms with Gasteiger partial charge in [-0.3, -0.25) is 0 Å². The molecule has 5 aliphatic rings. The van der Waals surface area contributed by atoms with Gasteiger partial charge in [-0.05, 0) is 117 Å². The number of rotatable bonds is 16. The van der Waals surface area contributed by atoms with Crippen LogP contribution in [0, 0.1) is 0 Å². The van der Waals surface area contributed by atoms with E-state index in [1.807, 2.05) is 0 Å². The lowest BCUT2D eigenvalue weighted by Gasteiger charge is -2.17. The summed E-state index contributed by atoms with van der Waals surface area (Å²) < 4.78 is 0. The summed E-state index contributed by atoms with van der Waals surface area (Å²) in [5.74, 6) is 0. The lowest BCUT2D eigenvalue weighted by Crippen LogP contribution is -2.09. The molecule has 0 aromatic heterocycles. The van der Waals surface area contributed by atoms with Crippen LogP contribution in [0.25, 0.3) is 0 Å². The second-order valence-electron chi connectivity index (χ2n) is 12.7. The minimum Gasteiger partial charge on any atom is -0.249 e. The van der Waals surface area contributed by atoms with Gasteiger partial charge in [0.2, 0.25) is 0 Å². The van der Waals surface area contributed by atoms with E-state index < -0.39 is 0 Å². The molecule has 4 heteroatoms. The van der Waals surface area contributed by atoms with Gasteiger partial charge in [0.15, 0.2) is 0 Å². The third kappa shape index (κ3) is 8.00. The van der Waals surface area contributed by atoms with Crippen LogP contribution < -0.4 is 0 Å². The molecular weight excluding hydrogens is 536 g/mol. The second-order valence-corrected chi connectivity index (χ2v) is 12.7. The van der Waals surface area contributed by atoms with E-state index in [1.165, 1.54) is 104 Å². The predicted molar refractivity (Wildman–Crippen MR) is 191 cm³/mol. The summed E-state index contributed by atoms with van der Waals surface area (Å²) in [6.07, 6.45) is 36.0. The van der Waals surface area contributed by atoms with Crippen molar-refractivity contribution in [2.24, 2.45) is 20.0 Å². The average Bonchev–Trinajstić information content (AvgIpc) is 3.81. The number of hydrogen-bond acceptors (Lipinski definition) is 4. The van der Waals surface area contributed by atoms with Gasteiger partial charge >= 0.3 is 0 Å². The maximum atomic E-state index is 5.57. The summed E-state index contributed by atoms with van der Waals surface area (Å²) in [5, 5.41) is 0. The van der Waals surface area contributed by atoms with Crippen LogP contribution in [-0.2, 0) is 0 Å². The van der Waals surface area contributed by atoms with Gasteiger partial charge in [0, 0.05) is 5.57 Å². The van der Waals surface area contributed by atoms with Gasteiger partial charge in [-0.2, -0.15) is 0 Å². The molecule has 0 aromatic carbocycles. The van der Waals surface area contributed by atoms with E-state index in [0.717, 1.165) is 66.3 Å². The number of nitrogens with zero attached hydrogens (tertiary/aromatic N) is 4. The minimum absolute atomic E-state index is 0.932. The molecule has 44 heavy (non-hydrogen) atoms. The molecule has 0 amide bonds. The Hall–Kier alpha value is -3.40. The third-order valence-electron chi connectivity index (χ3n) is 9.01. The summed E-state index contributed by atoms with van der Waals surface area (Å²) in [7, 11) is 0. The van der Waals surface area contributed by atoms with Gasteiger partial charge in [0.25, 0.3) is 0 Å². The fourth-order valence-corrected chi connectivity index (χ4v) is 6.60. The van der Waals surface area contributed by atoms with E-state index >= 15 is 0 Å². The van der Waals surface area contributed by atoms with Crippen LogP contribution in [0.1, 0.15) is 130 Å². The average molecular weight is 589 g/mol. The summed E-state index contributed by atoms with van der Waals surface area (Å²) in [6, 6.07) is 0. The number of hydrogen-bond donors (Lipinski definition) is 0. The smallest absolute Gasteiger partial charge is 0.0726 e. The lowest BCUT2D eigenvalue weighted by atomic mass is 9.88. The molecule has 0 spiro atoms. The number of allylic oxidation sites excluding steroid dienone is 12. The van der Waals surface area contributed by atoms with Crippen molar-refractivity contribution in [2.45, 2.75) is 130 Å². The highest BCUT2D eigenvalue weighted by molar-refractivity contribution is 6.19. The predicted octanol–water partition coefficient (Wildman–Crippen LogP) is 11.4. The Morgan fingerprint density at radius 1 is 0.432 bits per heavy atom. The number of fused-ring (bicyclic) bond motifs is 4. The molecule has 0 aromatic rings. The molecule has 232 valence electrons. The maximum Gasteiger partial charge on any atom is 0.0726 e. The lowest BCUT2D eigenvalue weighted by molar-refractivity contribution is 0.695. The topological polar surface area (TPSA) is 49.4 Å². The molecule has 0 saturated heterocycles. The molecular formula is C40H52N4. The van der Waals surface area contributed by atoms with Gasteiger partial charge in [-0.15, -0.1) is 0 Å². The van der Waals surface area contributed by atoms with Gasteiger partial charge in [-0.25, -0.2) is 20.0 Å². The fourth-order valence-electron chi connectivity index (χ4n) is 6.60. The van der Waals surface area contributed by atoms with Gasteiger partial charge < -0.3 is 0 Å². The molecule has 0 radical (unpaired) electrons. The standard InChI is InChI=1S/C40H52N4/c1-5-9-13-17-29-25-34-27-32-22-21-30(41-32)26-31-23-24-33(42-31)28-38-35(18-14-10-6-2)36(19-15-11-7-3)40(44-38)37(39(29)43-34)20-16-12-8-4/h21-28H,5-20H2,1-4H3. The number of aliphatic imine (C=N–C) groups is 4. The Morgan fingerprint density at radius 2 is 0.955 bits per heavy atom. The van der Waals surface area contributed by atoms with Gasteiger partial charge in [0.05, 0.1) is 45.6 Å². The normalized spacial score (nSPS) is 18.8. The van der Waals surface area contributed by atoms with Gasteiger partial charge in [0.1, 0.15) is 0 Å². The molecule has 0 fully saturated rings. The zero-order valence-corrected chi connectivity index (χ0v) is 27.7. The van der Waals surface area contributed by atoms with Crippen molar-refractivity contribution in [3.05, 3.63) is 93.7 Å². The molecule has 5 aliphatic heterocycles. The van der Waals surface area contributed by atoms with Crippen LogP contribution in [0.2, 0.25) is 0 Å². The highest BCUT2D eigenvalue weighted by atomic mass is 14.9. The first kappa shape index (κ1) is 32.0. The van der Waals surface area contributed by atoms with Crippen LogP contribution in [0.15, 0.2) is 114 Å². The Morgan fingerprint density at radius 3 is 1.57 bits per heavy atom. The molecule has 8 bridgehead atoms. The molecule has 5 rings (SSSR count). The monoisotopic (exact) mass is 588 g/mol. The molecule has 4 nitrogen and oxygen atoms in total. The van der Waals surface area contributed by atoms with Crippen molar-refractivity contribution in [1.29, 1.82) is 0 Å². The summed E-state index contributed by atoms with van der Waals surface area (Å²) >= 11 is 0. The zero-order chi connectivity index (χ0) is 30.7. The summed E-state index contributed by atoms with van der Waals surface area (Å²) in [4.78, 5) is 20.8. The quantitative estimate of drug-likeness (QED) is 0.161. The molecule has 5 heterocycles. The number of unbranched alkanes of at least 4 members (excludes halogenated alkanes) is 8. The Labute approximate surface area is 266 Å². The molecule has 0 N–H and O–H groups in total. The van der Waals surface area contributed by atoms with Crippen LogP contribution in [0.3, 0.4) is 0 Å². The van der Waals surface area contributed by atoms with Crippen molar-refractivity contribution >= 4 is 22.8 Å². The Bertz CT molecular complexity index is 1470. The van der Waals surface area contributed by atoms with Crippen LogP contribution in [-0.4, -0.2) is 22.8 Å². The van der Waals surface area contributed by atoms with E-state index in [4.69, 9.17) is 20.0 Å². The third-order valence-corrected chi connectivity index (χ3v) is 9.01. The van der Waals surface area contributed by atoms with E-state index in [-0.39, 0.29) is 0 Å². The fraction of sp³-hybridized carbons (Fsp3) is 0.500. The van der Waals surface area contributed by atoms with Crippen molar-refractivity contribution in [3.63, 3.8) is 0 Å². The van der Waals surface area contributed by atoms with Crippen molar-refractivity contribution in [3.8, 4) is 0 Å². The summed E-state index contributed by atoms with van der Waals surface area (Å²) in [5.41, 5.74) is 14.0. The molecule has 0 atom stereocenters. The van der Waals surface area contributed by atoms with E-state index in [0.29, 0.717) is 0 Å². The van der Waals surface area contributed by atoms with E-state index in [9.17, 15) is 0 Å². The Kier molecular flexibility index (Phi) is 11.7. The molecule has 0 unspecified atom stereocenters. The molecule has 0 aliphatic carbocycles. The maximum absolute atomic E-state index is 5.57. The summed E-state index contributed by atoms with van der Waals surface area (Å²) in [6.45, 7) is 9.17. The van der Waals surface area contributed by atoms with Crippen LogP contribution in [0.4, 0.5) is 0 Å². The Balaban J connectivity index is 1.72. The van der Waals surface area contributed by atoms with Crippen LogP contribution >= 0.6 is 0 Å². The second kappa shape index (κ2) is 16.1. The first-order valence-electron chi connectivity index (χ1n) is 17.7. The molecule has 0 saturated carbocycles. The highest BCUT2D eigenvalue weighted by Gasteiger charge is 2.29. The minimum atomic E-state index is 0.932. The first-order chi connectivity index (χ1) is 21.6. The van der Waals surface area contributed by atoms with Crippen molar-refractivity contribution in [1.82, 2.24) is 0 Å².